The van der Waals surface area contributed by atoms with E-state index >= 15 is 0 Å². The Hall–Kier alpha value is -1.42. The third-order valence-electron chi connectivity index (χ3n) is 4.45. The maximum Gasteiger partial charge on any atom is 0.127 e. The van der Waals surface area contributed by atoms with Crippen LogP contribution in [-0.2, 0) is 6.54 Å². The summed E-state index contributed by atoms with van der Waals surface area (Å²) in [6, 6.07) is 15.3. The van der Waals surface area contributed by atoms with Gasteiger partial charge in [0.1, 0.15) is 39.3 Å². The molecule has 1 heterocycles. The summed E-state index contributed by atoms with van der Waals surface area (Å²) in [4.78, 5) is 3.22. The van der Waals surface area contributed by atoms with Crippen molar-refractivity contribution in [1.29, 1.82) is 0 Å². The van der Waals surface area contributed by atoms with Crippen LogP contribution in [0.25, 0.3) is 10.8 Å². The number of hydrogen-bond acceptors (Lipinski definition) is 1. The van der Waals surface area contributed by atoms with E-state index in [4.69, 9.17) is 5.11 Å². The second-order valence-corrected chi connectivity index (χ2v) is 5.79. The predicted octanol–water partition coefficient (Wildman–Crippen LogP) is -0.884. The fraction of sp³-hybridized carbons (Fsp3) is 0.412. The maximum absolute atomic E-state index is 9.01. The fourth-order valence-electron chi connectivity index (χ4n) is 3.26. The minimum absolute atomic E-state index is 0.313. The predicted molar refractivity (Wildman–Crippen MR) is 81.0 cm³/mol. The van der Waals surface area contributed by atoms with E-state index < -0.39 is 0 Å². The van der Waals surface area contributed by atoms with Gasteiger partial charge in [0, 0.05) is 5.56 Å². The number of fused-ring (bicyclic) bond motifs is 1. The number of rotatable bonds is 4. The molecule has 3 nitrogen and oxygen atoms in total. The molecule has 0 amide bonds. The number of quaternary nitrogens is 2. The Morgan fingerprint density at radius 2 is 1.55 bits per heavy atom. The molecule has 3 rings (SSSR count). The molecule has 2 aromatic rings. The average Bonchev–Trinajstić information content (AvgIpc) is 2.50. The van der Waals surface area contributed by atoms with Crippen molar-refractivity contribution in [3.63, 3.8) is 0 Å². The van der Waals surface area contributed by atoms with Crippen molar-refractivity contribution >= 4 is 10.8 Å². The van der Waals surface area contributed by atoms with E-state index in [1.165, 1.54) is 42.5 Å². The summed E-state index contributed by atoms with van der Waals surface area (Å²) in [5.41, 5.74) is 1.46. The lowest BCUT2D eigenvalue weighted by atomic mass is 10.0. The number of piperazine rings is 1. The van der Waals surface area contributed by atoms with Crippen LogP contribution in [0.4, 0.5) is 0 Å². The van der Waals surface area contributed by atoms with Gasteiger partial charge in [0.15, 0.2) is 0 Å². The number of benzene rings is 2. The highest BCUT2D eigenvalue weighted by atomic mass is 16.3. The van der Waals surface area contributed by atoms with E-state index in [0.717, 1.165) is 13.1 Å². The molecule has 0 atom stereocenters. The second-order valence-electron chi connectivity index (χ2n) is 5.79. The van der Waals surface area contributed by atoms with Gasteiger partial charge in [0.05, 0.1) is 6.61 Å². The molecule has 0 aliphatic carbocycles. The maximum atomic E-state index is 9.01. The van der Waals surface area contributed by atoms with Crippen LogP contribution < -0.4 is 9.80 Å². The van der Waals surface area contributed by atoms with Crippen LogP contribution in [0.5, 0.6) is 0 Å². The van der Waals surface area contributed by atoms with Gasteiger partial charge in [0.2, 0.25) is 0 Å². The molecule has 3 heteroatoms. The second kappa shape index (κ2) is 6.35. The van der Waals surface area contributed by atoms with Gasteiger partial charge in [-0.25, -0.2) is 0 Å². The lowest BCUT2D eigenvalue weighted by Gasteiger charge is -2.29. The van der Waals surface area contributed by atoms with E-state index in [9.17, 15) is 0 Å². The Morgan fingerprint density at radius 1 is 0.850 bits per heavy atom. The summed E-state index contributed by atoms with van der Waals surface area (Å²) < 4.78 is 0. The van der Waals surface area contributed by atoms with Crippen molar-refractivity contribution < 1.29 is 14.9 Å². The lowest BCUT2D eigenvalue weighted by Crippen LogP contribution is -3.27. The number of nitrogens with one attached hydrogen (secondary N) is 2. The zero-order valence-corrected chi connectivity index (χ0v) is 11.9. The monoisotopic (exact) mass is 272 g/mol. The molecule has 1 saturated heterocycles. The number of hydrogen-bond donors (Lipinski definition) is 3. The van der Waals surface area contributed by atoms with E-state index in [0.29, 0.717) is 6.61 Å². The molecule has 1 fully saturated rings. The molecular formula is C17H24N2O+2. The first kappa shape index (κ1) is 13.6. The summed E-state index contributed by atoms with van der Waals surface area (Å²) in [5, 5.41) is 11.7. The number of aliphatic hydroxyl groups is 1. The molecule has 106 valence electrons. The first-order valence-electron chi connectivity index (χ1n) is 7.61. The smallest absolute Gasteiger partial charge is 0.127 e. The first-order valence-corrected chi connectivity index (χ1v) is 7.61. The standard InChI is InChI=1S/C17H22N2O/c20-13-12-18-8-10-19(11-9-18)14-16-6-3-5-15-4-1-2-7-17(15)16/h1-7,20H,8-14H2/p+2. The molecule has 0 bridgehead atoms. The minimum Gasteiger partial charge on any atom is -0.391 e. The van der Waals surface area contributed by atoms with Gasteiger partial charge >= 0.3 is 0 Å². The summed E-state index contributed by atoms with van der Waals surface area (Å²) in [6.45, 7) is 7.11. The highest BCUT2D eigenvalue weighted by molar-refractivity contribution is 5.85. The zero-order chi connectivity index (χ0) is 13.8. The lowest BCUT2D eigenvalue weighted by molar-refractivity contribution is -1.02. The van der Waals surface area contributed by atoms with Gasteiger partial charge < -0.3 is 14.9 Å². The molecule has 0 saturated carbocycles. The van der Waals surface area contributed by atoms with E-state index in [-0.39, 0.29) is 0 Å². The zero-order valence-electron chi connectivity index (χ0n) is 11.9. The van der Waals surface area contributed by atoms with Crippen molar-refractivity contribution in [1.82, 2.24) is 0 Å². The summed E-state index contributed by atoms with van der Waals surface area (Å²) in [6.07, 6.45) is 0. The Bertz CT molecular complexity index is 556. The molecule has 3 N–H and O–H groups in total. The molecule has 20 heavy (non-hydrogen) atoms. The molecule has 0 spiro atoms. The fourth-order valence-corrected chi connectivity index (χ4v) is 3.26. The Morgan fingerprint density at radius 3 is 2.35 bits per heavy atom. The molecule has 1 aliphatic rings. The Labute approximate surface area is 120 Å². The van der Waals surface area contributed by atoms with E-state index in [2.05, 4.69) is 42.5 Å². The minimum atomic E-state index is 0.313. The summed E-state index contributed by atoms with van der Waals surface area (Å²) in [5.74, 6) is 0. The normalized spacial score (nSPS) is 23.1. The molecule has 2 aromatic carbocycles. The van der Waals surface area contributed by atoms with Crippen LogP contribution >= 0.6 is 0 Å². The van der Waals surface area contributed by atoms with Gasteiger partial charge in [-0.05, 0) is 10.8 Å². The number of aliphatic hydroxyl groups excluding tert-OH is 1. The molecule has 0 aromatic heterocycles. The Kier molecular flexibility index (Phi) is 4.31. The van der Waals surface area contributed by atoms with Crippen LogP contribution in [0.3, 0.4) is 0 Å². The van der Waals surface area contributed by atoms with Gasteiger partial charge in [0.25, 0.3) is 0 Å². The summed E-state index contributed by atoms with van der Waals surface area (Å²) in [7, 11) is 0. The van der Waals surface area contributed by atoms with E-state index in [1.807, 2.05) is 0 Å². The van der Waals surface area contributed by atoms with Crippen molar-refractivity contribution in [3.8, 4) is 0 Å². The molecule has 1 aliphatic heterocycles. The van der Waals surface area contributed by atoms with Crippen LogP contribution in [0, 0.1) is 0 Å². The third-order valence-corrected chi connectivity index (χ3v) is 4.45. The van der Waals surface area contributed by atoms with Crippen LogP contribution in [-0.4, -0.2) is 44.4 Å². The first-order chi connectivity index (χ1) is 9.86. The van der Waals surface area contributed by atoms with Crippen molar-refractivity contribution in [2.75, 3.05) is 39.3 Å². The van der Waals surface area contributed by atoms with Crippen molar-refractivity contribution in [2.24, 2.45) is 0 Å². The van der Waals surface area contributed by atoms with Crippen LogP contribution in [0.15, 0.2) is 42.5 Å². The molecular weight excluding hydrogens is 248 g/mol. The molecule has 0 unspecified atom stereocenters. The highest BCUT2D eigenvalue weighted by Gasteiger charge is 2.22. The van der Waals surface area contributed by atoms with Gasteiger partial charge in [-0.3, -0.25) is 0 Å². The van der Waals surface area contributed by atoms with Gasteiger partial charge in [-0.1, -0.05) is 42.5 Å². The van der Waals surface area contributed by atoms with Gasteiger partial charge in [-0.15, -0.1) is 0 Å². The van der Waals surface area contributed by atoms with Crippen LogP contribution in [0.1, 0.15) is 5.56 Å². The van der Waals surface area contributed by atoms with Crippen molar-refractivity contribution in [2.45, 2.75) is 6.54 Å². The van der Waals surface area contributed by atoms with E-state index in [1.54, 1.807) is 9.80 Å². The molecule has 0 radical (unpaired) electrons. The average molecular weight is 272 g/mol. The SMILES string of the molecule is OCC[NH+]1CC[NH+](Cc2cccc3ccccc23)CC1. The largest absolute Gasteiger partial charge is 0.391 e. The quantitative estimate of drug-likeness (QED) is 0.663. The highest BCUT2D eigenvalue weighted by Crippen LogP contribution is 2.17. The van der Waals surface area contributed by atoms with Crippen LogP contribution in [0.2, 0.25) is 0 Å². The summed E-state index contributed by atoms with van der Waals surface area (Å²) >= 11 is 0. The van der Waals surface area contributed by atoms with Crippen molar-refractivity contribution in [3.05, 3.63) is 48.0 Å². The van der Waals surface area contributed by atoms with Gasteiger partial charge in [-0.2, -0.15) is 0 Å². The Balaban J connectivity index is 1.68. The topological polar surface area (TPSA) is 29.1 Å². The third kappa shape index (κ3) is 3.01.